The lowest BCUT2D eigenvalue weighted by atomic mass is 9.89. The smallest absolute Gasteiger partial charge is 0.165 e. The zero-order chi connectivity index (χ0) is 19.4. The van der Waals surface area contributed by atoms with E-state index in [4.69, 9.17) is 14.2 Å². The molecule has 3 rings (SSSR count). The van der Waals surface area contributed by atoms with E-state index in [0.29, 0.717) is 0 Å². The lowest BCUT2D eigenvalue weighted by molar-refractivity contribution is -0.00608. The van der Waals surface area contributed by atoms with E-state index >= 15 is 0 Å². The number of ether oxygens (including phenoxy) is 3. The summed E-state index contributed by atoms with van der Waals surface area (Å²) in [5.74, 6) is 1.28. The SMILES string of the molecule is COc1cccc(C2CC(OC)CCN2C(C)c2ccc(F)cc2)c1OC. The molecule has 0 bridgehead atoms. The van der Waals surface area contributed by atoms with E-state index in [0.717, 1.165) is 42.0 Å². The third kappa shape index (κ3) is 4.09. The first kappa shape index (κ1) is 19.6. The molecule has 0 aromatic heterocycles. The summed E-state index contributed by atoms with van der Waals surface area (Å²) in [7, 11) is 5.09. The summed E-state index contributed by atoms with van der Waals surface area (Å²) in [4.78, 5) is 2.44. The number of para-hydroxylation sites is 1. The van der Waals surface area contributed by atoms with Gasteiger partial charge in [-0.1, -0.05) is 24.3 Å². The van der Waals surface area contributed by atoms with E-state index in [-0.39, 0.29) is 24.0 Å². The van der Waals surface area contributed by atoms with Crippen molar-refractivity contribution >= 4 is 0 Å². The number of halogens is 1. The Hall–Kier alpha value is -2.11. The van der Waals surface area contributed by atoms with E-state index in [1.807, 2.05) is 24.3 Å². The quantitative estimate of drug-likeness (QED) is 0.731. The highest BCUT2D eigenvalue weighted by Crippen LogP contribution is 2.44. The Morgan fingerprint density at radius 2 is 1.78 bits per heavy atom. The normalized spacial score (nSPS) is 21.7. The second-order valence-electron chi connectivity index (χ2n) is 6.95. The number of benzene rings is 2. The second-order valence-corrected chi connectivity index (χ2v) is 6.95. The monoisotopic (exact) mass is 373 g/mol. The first-order chi connectivity index (χ1) is 13.1. The van der Waals surface area contributed by atoms with Gasteiger partial charge in [0, 0.05) is 31.3 Å². The number of likely N-dealkylation sites (tertiary alicyclic amines) is 1. The molecule has 27 heavy (non-hydrogen) atoms. The standard InChI is InChI=1S/C22H28FNO3/c1-15(16-8-10-17(23)11-9-16)24-13-12-18(25-2)14-20(24)19-6-5-7-21(26-3)22(19)27-4/h5-11,15,18,20H,12-14H2,1-4H3. The van der Waals surface area contributed by atoms with Gasteiger partial charge in [-0.15, -0.1) is 0 Å². The molecule has 0 radical (unpaired) electrons. The predicted molar refractivity (Wildman–Crippen MR) is 104 cm³/mol. The van der Waals surface area contributed by atoms with E-state index in [2.05, 4.69) is 17.9 Å². The molecule has 0 amide bonds. The Kier molecular flexibility index (Phi) is 6.34. The van der Waals surface area contributed by atoms with Gasteiger partial charge in [-0.2, -0.15) is 0 Å². The lowest BCUT2D eigenvalue weighted by Crippen LogP contribution is -2.41. The minimum absolute atomic E-state index is 0.119. The van der Waals surface area contributed by atoms with Crippen LogP contribution in [0.4, 0.5) is 4.39 Å². The fourth-order valence-electron chi connectivity index (χ4n) is 4.04. The van der Waals surface area contributed by atoms with Crippen molar-refractivity contribution in [3.8, 4) is 11.5 Å². The zero-order valence-electron chi connectivity index (χ0n) is 16.4. The van der Waals surface area contributed by atoms with Gasteiger partial charge in [-0.05, 0) is 43.5 Å². The van der Waals surface area contributed by atoms with Crippen molar-refractivity contribution in [2.24, 2.45) is 0 Å². The van der Waals surface area contributed by atoms with Gasteiger partial charge in [-0.3, -0.25) is 4.90 Å². The fraction of sp³-hybridized carbons (Fsp3) is 0.455. The summed E-state index contributed by atoms with van der Waals surface area (Å²) in [6, 6.07) is 13.0. The van der Waals surface area contributed by atoms with Crippen LogP contribution in [0, 0.1) is 5.82 Å². The zero-order valence-corrected chi connectivity index (χ0v) is 16.4. The Balaban J connectivity index is 1.99. The van der Waals surface area contributed by atoms with Crippen molar-refractivity contribution in [3.63, 3.8) is 0 Å². The average molecular weight is 373 g/mol. The van der Waals surface area contributed by atoms with Crippen molar-refractivity contribution in [1.29, 1.82) is 0 Å². The van der Waals surface area contributed by atoms with Crippen molar-refractivity contribution < 1.29 is 18.6 Å². The summed E-state index contributed by atoms with van der Waals surface area (Å²) >= 11 is 0. The number of rotatable bonds is 6. The minimum Gasteiger partial charge on any atom is -0.493 e. The molecule has 146 valence electrons. The highest BCUT2D eigenvalue weighted by Gasteiger charge is 2.35. The van der Waals surface area contributed by atoms with Gasteiger partial charge in [0.1, 0.15) is 5.82 Å². The molecule has 1 aliphatic heterocycles. The maximum atomic E-state index is 13.4. The van der Waals surface area contributed by atoms with Gasteiger partial charge in [0.2, 0.25) is 0 Å². The Labute approximate surface area is 160 Å². The van der Waals surface area contributed by atoms with Crippen LogP contribution in [0.1, 0.15) is 43.0 Å². The van der Waals surface area contributed by atoms with Crippen molar-refractivity contribution in [1.82, 2.24) is 4.90 Å². The maximum absolute atomic E-state index is 13.4. The van der Waals surface area contributed by atoms with Crippen LogP contribution >= 0.6 is 0 Å². The van der Waals surface area contributed by atoms with Crippen LogP contribution in [0.3, 0.4) is 0 Å². The van der Waals surface area contributed by atoms with Crippen LogP contribution in [0.25, 0.3) is 0 Å². The molecule has 1 aliphatic rings. The lowest BCUT2D eigenvalue weighted by Gasteiger charge is -2.43. The predicted octanol–water partition coefficient (Wildman–Crippen LogP) is 4.76. The van der Waals surface area contributed by atoms with Crippen LogP contribution in [-0.2, 0) is 4.74 Å². The molecule has 4 nitrogen and oxygen atoms in total. The average Bonchev–Trinajstić information content (AvgIpc) is 2.72. The number of methoxy groups -OCH3 is 3. The molecule has 0 aliphatic carbocycles. The number of piperidine rings is 1. The molecule has 1 heterocycles. The first-order valence-electron chi connectivity index (χ1n) is 9.34. The van der Waals surface area contributed by atoms with Crippen molar-refractivity contribution in [3.05, 3.63) is 59.4 Å². The van der Waals surface area contributed by atoms with E-state index in [1.165, 1.54) is 12.1 Å². The summed E-state index contributed by atoms with van der Waals surface area (Å²) in [6.07, 6.45) is 2.03. The van der Waals surface area contributed by atoms with Crippen LogP contribution in [0.15, 0.2) is 42.5 Å². The van der Waals surface area contributed by atoms with Crippen molar-refractivity contribution in [2.45, 2.75) is 38.0 Å². The first-order valence-corrected chi connectivity index (χ1v) is 9.34. The number of nitrogens with zero attached hydrogens (tertiary/aromatic N) is 1. The Morgan fingerprint density at radius 3 is 2.41 bits per heavy atom. The van der Waals surface area contributed by atoms with Crippen molar-refractivity contribution in [2.75, 3.05) is 27.9 Å². The fourth-order valence-corrected chi connectivity index (χ4v) is 4.04. The Morgan fingerprint density at radius 1 is 1.04 bits per heavy atom. The van der Waals surface area contributed by atoms with E-state index in [9.17, 15) is 4.39 Å². The summed E-state index contributed by atoms with van der Waals surface area (Å²) < 4.78 is 30.2. The summed E-state index contributed by atoms with van der Waals surface area (Å²) in [5.41, 5.74) is 2.19. The maximum Gasteiger partial charge on any atom is 0.165 e. The molecule has 3 atom stereocenters. The second kappa shape index (κ2) is 8.72. The molecular weight excluding hydrogens is 345 g/mol. The van der Waals surface area contributed by atoms with E-state index < -0.39 is 0 Å². The van der Waals surface area contributed by atoms with Gasteiger partial charge in [-0.25, -0.2) is 4.39 Å². The van der Waals surface area contributed by atoms with Crippen LogP contribution in [0.2, 0.25) is 0 Å². The van der Waals surface area contributed by atoms with Gasteiger partial charge >= 0.3 is 0 Å². The molecule has 0 N–H and O–H groups in total. The molecule has 2 aromatic carbocycles. The molecule has 0 saturated carbocycles. The molecule has 3 unspecified atom stereocenters. The molecule has 5 heteroatoms. The van der Waals surface area contributed by atoms with Gasteiger partial charge in [0.05, 0.1) is 20.3 Å². The largest absolute Gasteiger partial charge is 0.493 e. The van der Waals surface area contributed by atoms with Crippen LogP contribution in [-0.4, -0.2) is 38.9 Å². The topological polar surface area (TPSA) is 30.9 Å². The number of hydrogen-bond acceptors (Lipinski definition) is 4. The molecular formula is C22H28FNO3. The van der Waals surface area contributed by atoms with E-state index in [1.54, 1.807) is 21.3 Å². The number of hydrogen-bond donors (Lipinski definition) is 0. The summed E-state index contributed by atoms with van der Waals surface area (Å²) in [6.45, 7) is 3.06. The van der Waals surface area contributed by atoms with Gasteiger partial charge in [0.15, 0.2) is 11.5 Å². The highest BCUT2D eigenvalue weighted by molar-refractivity contribution is 5.48. The molecule has 0 spiro atoms. The van der Waals surface area contributed by atoms with Gasteiger partial charge < -0.3 is 14.2 Å². The molecule has 1 saturated heterocycles. The highest BCUT2D eigenvalue weighted by atomic mass is 19.1. The van der Waals surface area contributed by atoms with Crippen LogP contribution in [0.5, 0.6) is 11.5 Å². The minimum atomic E-state index is -0.213. The van der Waals surface area contributed by atoms with Gasteiger partial charge in [0.25, 0.3) is 0 Å². The molecule has 1 fully saturated rings. The molecule has 2 aromatic rings. The van der Waals surface area contributed by atoms with Crippen LogP contribution < -0.4 is 9.47 Å². The third-order valence-electron chi connectivity index (χ3n) is 5.57. The Bertz CT molecular complexity index is 750. The summed E-state index contributed by atoms with van der Waals surface area (Å²) in [5, 5.41) is 0. The third-order valence-corrected chi connectivity index (χ3v) is 5.57.